The summed E-state index contributed by atoms with van der Waals surface area (Å²) >= 11 is 4.60. The quantitative estimate of drug-likeness (QED) is 0.629. The van der Waals surface area contributed by atoms with Crippen molar-refractivity contribution in [3.8, 4) is 0 Å². The average Bonchev–Trinajstić information content (AvgIpc) is 2.14. The smallest absolute Gasteiger partial charge is 0.132 e. The minimum absolute atomic E-state index is 0.481. The van der Waals surface area contributed by atoms with Crippen molar-refractivity contribution in [3.05, 3.63) is 20.1 Å². The molecule has 0 atom stereocenters. The molecular weight excluding hydrogens is 190 g/mol. The van der Waals surface area contributed by atoms with Gasteiger partial charge < -0.3 is 0 Å². The molecule has 1 aromatic rings. The Hall–Kier alpha value is -0.220. The van der Waals surface area contributed by atoms with Crippen LogP contribution in [-0.2, 0) is 0 Å². The molecule has 0 saturated carbocycles. The molecule has 42 valence electrons. The molecule has 1 heterocycles. The van der Waals surface area contributed by atoms with Crippen molar-refractivity contribution in [2.75, 3.05) is 0 Å². The normalized spacial score (nSPS) is 9.12. The molecule has 0 aliphatic carbocycles. The topological polar surface area (TPSA) is 29.4 Å². The zero-order chi connectivity index (χ0) is 5.98. The van der Waals surface area contributed by atoms with E-state index < -0.39 is 0 Å². The van der Waals surface area contributed by atoms with Crippen LogP contribution >= 0.6 is 27.3 Å². The lowest BCUT2D eigenvalue weighted by atomic mass is 10.6. The third-order valence-corrected chi connectivity index (χ3v) is 2.35. The second-order valence-corrected chi connectivity index (χ2v) is 3.40. The minimum Gasteiger partial charge on any atom is -0.145 e. The Morgan fingerprint density at radius 3 is 2.75 bits per heavy atom. The Bertz CT molecular complexity index is 198. The molecule has 4 heteroatoms. The Labute approximate surface area is 58.6 Å². The summed E-state index contributed by atoms with van der Waals surface area (Å²) in [6.45, 7) is 0. The first kappa shape index (κ1) is 5.91. The van der Waals surface area contributed by atoms with E-state index in [4.69, 9.17) is 0 Å². The van der Waals surface area contributed by atoms with Gasteiger partial charge >= 0.3 is 0 Å². The monoisotopic (exact) mass is 191 g/mol. The third-order valence-electron chi connectivity index (χ3n) is 0.697. The number of hydrogen-bond donors (Lipinski definition) is 0. The predicted octanol–water partition coefficient (Wildman–Crippen LogP) is 2.91. The molecule has 0 fully saturated rings. The van der Waals surface area contributed by atoms with Gasteiger partial charge in [0.15, 0.2) is 0 Å². The molecule has 0 amide bonds. The molecule has 0 bridgehead atoms. The first-order valence-corrected chi connectivity index (χ1v) is 3.58. The largest absolute Gasteiger partial charge is 0.145 e. The maximum Gasteiger partial charge on any atom is 0.132 e. The van der Waals surface area contributed by atoms with Crippen LogP contribution in [0, 0.1) is 4.91 Å². The number of rotatable bonds is 1. The van der Waals surface area contributed by atoms with E-state index in [0.717, 1.165) is 3.79 Å². The summed E-state index contributed by atoms with van der Waals surface area (Å²) in [6.07, 6.45) is 0. The molecule has 0 saturated heterocycles. The van der Waals surface area contributed by atoms with Gasteiger partial charge in [-0.15, -0.1) is 16.2 Å². The van der Waals surface area contributed by atoms with Gasteiger partial charge in [-0.25, -0.2) is 0 Å². The van der Waals surface area contributed by atoms with Crippen LogP contribution in [0.5, 0.6) is 0 Å². The second-order valence-electron chi connectivity index (χ2n) is 1.17. The van der Waals surface area contributed by atoms with Crippen molar-refractivity contribution in [2.24, 2.45) is 5.18 Å². The highest BCUT2D eigenvalue weighted by Gasteiger charge is 1.96. The molecule has 1 aromatic heterocycles. The molecule has 2 nitrogen and oxygen atoms in total. The lowest BCUT2D eigenvalue weighted by Crippen LogP contribution is -1.46. The molecule has 1 rings (SSSR count). The first-order chi connectivity index (χ1) is 3.84. The summed E-state index contributed by atoms with van der Waals surface area (Å²) in [5, 5.41) is 4.55. The van der Waals surface area contributed by atoms with Crippen molar-refractivity contribution in [1.29, 1.82) is 0 Å². The van der Waals surface area contributed by atoms with Gasteiger partial charge in [-0.05, 0) is 32.6 Å². The Morgan fingerprint density at radius 1 is 1.75 bits per heavy atom. The Kier molecular flexibility index (Phi) is 1.75. The molecule has 0 spiro atoms. The number of thiophene rings is 1. The number of nitrogens with zero attached hydrogens (tertiary/aromatic N) is 1. The van der Waals surface area contributed by atoms with Crippen LogP contribution in [0.1, 0.15) is 0 Å². The molecule has 0 unspecified atom stereocenters. The molecule has 0 aliphatic rings. The van der Waals surface area contributed by atoms with Crippen molar-refractivity contribution < 1.29 is 0 Å². The number of hydrogen-bond acceptors (Lipinski definition) is 3. The maximum absolute atomic E-state index is 9.82. The van der Waals surface area contributed by atoms with E-state index in [-0.39, 0.29) is 0 Å². The van der Waals surface area contributed by atoms with Gasteiger partial charge in [0.2, 0.25) is 0 Å². The van der Waals surface area contributed by atoms with Gasteiger partial charge in [0, 0.05) is 0 Å². The summed E-state index contributed by atoms with van der Waals surface area (Å²) in [4.78, 5) is 9.82. The summed E-state index contributed by atoms with van der Waals surface area (Å²) in [5.41, 5.74) is 0.481. The van der Waals surface area contributed by atoms with Crippen LogP contribution in [0.15, 0.2) is 20.4 Å². The number of nitroso groups, excluding NO2 is 1. The lowest BCUT2D eigenvalue weighted by molar-refractivity contribution is 1.54. The fraction of sp³-hybridized carbons (Fsp3) is 0. The van der Waals surface area contributed by atoms with E-state index in [9.17, 15) is 4.91 Å². The van der Waals surface area contributed by atoms with Gasteiger partial charge in [0.1, 0.15) is 5.69 Å². The second kappa shape index (κ2) is 2.37. The molecule has 8 heavy (non-hydrogen) atoms. The highest BCUT2D eigenvalue weighted by atomic mass is 79.9. The molecule has 0 radical (unpaired) electrons. The van der Waals surface area contributed by atoms with Gasteiger partial charge in [0.05, 0.1) is 3.79 Å². The predicted molar refractivity (Wildman–Crippen MR) is 37.5 cm³/mol. The molecule has 0 N–H and O–H groups in total. The van der Waals surface area contributed by atoms with E-state index in [1.807, 2.05) is 0 Å². The molecule has 0 aromatic carbocycles. The zero-order valence-corrected chi connectivity index (χ0v) is 6.20. The van der Waals surface area contributed by atoms with Gasteiger partial charge in [-0.3, -0.25) is 0 Å². The fourth-order valence-corrected chi connectivity index (χ4v) is 1.42. The maximum atomic E-state index is 9.82. The van der Waals surface area contributed by atoms with E-state index in [1.165, 1.54) is 11.3 Å². The SMILES string of the molecule is O=Nc1ccsc1Br. The Balaban J connectivity index is 3.09. The summed E-state index contributed by atoms with van der Waals surface area (Å²) in [7, 11) is 0. The van der Waals surface area contributed by atoms with Crippen molar-refractivity contribution in [2.45, 2.75) is 0 Å². The Morgan fingerprint density at radius 2 is 2.50 bits per heavy atom. The zero-order valence-electron chi connectivity index (χ0n) is 3.80. The van der Waals surface area contributed by atoms with Crippen LogP contribution in [0.4, 0.5) is 5.69 Å². The standard InChI is InChI=1S/C4H2BrNOS/c5-4-3(6-7)1-2-8-4/h1-2H. The van der Waals surface area contributed by atoms with Crippen LogP contribution < -0.4 is 0 Å². The summed E-state index contributed by atoms with van der Waals surface area (Å²) < 4.78 is 0.799. The minimum atomic E-state index is 0.481. The van der Waals surface area contributed by atoms with Crippen LogP contribution in [0.25, 0.3) is 0 Å². The van der Waals surface area contributed by atoms with E-state index in [0.29, 0.717) is 5.69 Å². The van der Waals surface area contributed by atoms with Gasteiger partial charge in [0.25, 0.3) is 0 Å². The van der Waals surface area contributed by atoms with Crippen molar-refractivity contribution in [3.63, 3.8) is 0 Å². The van der Waals surface area contributed by atoms with Gasteiger partial charge in [-0.2, -0.15) is 0 Å². The highest BCUT2D eigenvalue weighted by molar-refractivity contribution is 9.11. The summed E-state index contributed by atoms with van der Waals surface area (Å²) in [6, 6.07) is 1.67. The van der Waals surface area contributed by atoms with Crippen LogP contribution in [0.3, 0.4) is 0 Å². The van der Waals surface area contributed by atoms with Crippen LogP contribution in [-0.4, -0.2) is 0 Å². The van der Waals surface area contributed by atoms with Crippen molar-refractivity contribution in [1.82, 2.24) is 0 Å². The first-order valence-electron chi connectivity index (χ1n) is 1.91. The highest BCUT2D eigenvalue weighted by Crippen LogP contribution is 2.30. The van der Waals surface area contributed by atoms with Crippen LogP contribution in [0.2, 0.25) is 0 Å². The third kappa shape index (κ3) is 0.952. The van der Waals surface area contributed by atoms with E-state index in [1.54, 1.807) is 11.4 Å². The van der Waals surface area contributed by atoms with E-state index >= 15 is 0 Å². The van der Waals surface area contributed by atoms with E-state index in [2.05, 4.69) is 21.1 Å². The van der Waals surface area contributed by atoms with Gasteiger partial charge in [-0.1, -0.05) is 0 Å². The fourth-order valence-electron chi connectivity index (χ4n) is 0.350. The summed E-state index contributed by atoms with van der Waals surface area (Å²) in [5.74, 6) is 0. The number of halogens is 1. The average molecular weight is 192 g/mol. The lowest BCUT2D eigenvalue weighted by Gasteiger charge is -1.75. The molecular formula is C4H2BrNOS. The van der Waals surface area contributed by atoms with Crippen molar-refractivity contribution >= 4 is 33.0 Å². The molecule has 0 aliphatic heterocycles.